The van der Waals surface area contributed by atoms with E-state index >= 15 is 0 Å². The molecule has 1 unspecified atom stereocenters. The molecule has 104 valence electrons. The van der Waals surface area contributed by atoms with Crippen molar-refractivity contribution in [3.8, 4) is 11.5 Å². The standard InChI is InChI=1S/C14H16N4OS/c1-10-2-3-11(8-16-10)9-20-14-18-17-13(19-14)12-4-6-15-7-5-12/h4-7,11,16H,1-3,8-9H2. The molecule has 5 nitrogen and oxygen atoms in total. The molecule has 0 aliphatic carbocycles. The zero-order valence-corrected chi connectivity index (χ0v) is 11.9. The minimum absolute atomic E-state index is 0.546. The van der Waals surface area contributed by atoms with E-state index in [4.69, 9.17) is 4.42 Å². The van der Waals surface area contributed by atoms with E-state index in [9.17, 15) is 0 Å². The van der Waals surface area contributed by atoms with E-state index in [1.807, 2.05) is 12.1 Å². The normalized spacial score (nSPS) is 18.8. The fraction of sp³-hybridized carbons (Fsp3) is 0.357. The van der Waals surface area contributed by atoms with Gasteiger partial charge in [-0.15, -0.1) is 10.2 Å². The van der Waals surface area contributed by atoms with Gasteiger partial charge in [0.05, 0.1) is 0 Å². The molecule has 6 heteroatoms. The zero-order valence-electron chi connectivity index (χ0n) is 11.1. The molecule has 1 N–H and O–H groups in total. The molecule has 0 spiro atoms. The number of pyridine rings is 1. The molecule has 2 aromatic rings. The summed E-state index contributed by atoms with van der Waals surface area (Å²) in [5.74, 6) is 2.16. The topological polar surface area (TPSA) is 63.8 Å². The number of nitrogens with zero attached hydrogens (tertiary/aromatic N) is 3. The second kappa shape index (κ2) is 6.09. The molecule has 0 aromatic carbocycles. The Labute approximate surface area is 121 Å². The van der Waals surface area contributed by atoms with Crippen molar-refractivity contribution in [3.63, 3.8) is 0 Å². The molecule has 0 amide bonds. The fourth-order valence-electron chi connectivity index (χ4n) is 2.07. The molecule has 1 saturated heterocycles. The number of rotatable bonds is 4. The number of thioether (sulfide) groups is 1. The van der Waals surface area contributed by atoms with Gasteiger partial charge in [0.1, 0.15) is 0 Å². The minimum atomic E-state index is 0.546. The summed E-state index contributed by atoms with van der Waals surface area (Å²) in [6, 6.07) is 3.72. The largest absolute Gasteiger partial charge is 0.411 e. The first-order chi connectivity index (χ1) is 9.81. The van der Waals surface area contributed by atoms with Crippen LogP contribution in [0.15, 0.2) is 46.4 Å². The first-order valence-electron chi connectivity index (χ1n) is 6.59. The van der Waals surface area contributed by atoms with Crippen molar-refractivity contribution in [2.24, 2.45) is 5.92 Å². The second-order valence-corrected chi connectivity index (χ2v) is 5.78. The van der Waals surface area contributed by atoms with Crippen LogP contribution in [0.1, 0.15) is 12.8 Å². The van der Waals surface area contributed by atoms with E-state index in [2.05, 4.69) is 27.1 Å². The van der Waals surface area contributed by atoms with Crippen molar-refractivity contribution < 1.29 is 4.42 Å². The molecule has 1 atom stereocenters. The zero-order chi connectivity index (χ0) is 13.8. The number of hydrogen-bond donors (Lipinski definition) is 1. The quantitative estimate of drug-likeness (QED) is 0.873. The fourth-order valence-corrected chi connectivity index (χ4v) is 2.97. The van der Waals surface area contributed by atoms with Crippen LogP contribution in [0.4, 0.5) is 0 Å². The van der Waals surface area contributed by atoms with Crippen molar-refractivity contribution in [2.75, 3.05) is 12.3 Å². The van der Waals surface area contributed by atoms with Gasteiger partial charge in [-0.3, -0.25) is 4.98 Å². The lowest BCUT2D eigenvalue weighted by Gasteiger charge is -2.24. The lowest BCUT2D eigenvalue weighted by atomic mass is 10.0. The van der Waals surface area contributed by atoms with E-state index in [1.165, 1.54) is 6.42 Å². The maximum Gasteiger partial charge on any atom is 0.276 e. The van der Waals surface area contributed by atoms with Gasteiger partial charge in [-0.1, -0.05) is 18.3 Å². The molecular formula is C14H16N4OS. The predicted octanol–water partition coefficient (Wildman–Crippen LogP) is 2.74. The van der Waals surface area contributed by atoms with Crippen molar-refractivity contribution in [2.45, 2.75) is 18.1 Å². The summed E-state index contributed by atoms with van der Waals surface area (Å²) >= 11 is 1.62. The van der Waals surface area contributed by atoms with Gasteiger partial charge in [-0.25, -0.2) is 0 Å². The molecule has 1 aliphatic heterocycles. The Balaban J connectivity index is 1.57. The number of hydrogen-bond acceptors (Lipinski definition) is 6. The lowest BCUT2D eigenvalue weighted by molar-refractivity contribution is 0.446. The van der Waals surface area contributed by atoms with E-state index in [1.54, 1.807) is 24.2 Å². The molecule has 0 saturated carbocycles. The Kier molecular flexibility index (Phi) is 4.01. The maximum atomic E-state index is 5.66. The van der Waals surface area contributed by atoms with Crippen molar-refractivity contribution in [3.05, 3.63) is 36.8 Å². The van der Waals surface area contributed by atoms with E-state index in [0.29, 0.717) is 17.0 Å². The molecule has 2 aromatic heterocycles. The van der Waals surface area contributed by atoms with E-state index in [0.717, 1.165) is 30.0 Å². The highest BCUT2D eigenvalue weighted by Crippen LogP contribution is 2.26. The van der Waals surface area contributed by atoms with Gasteiger partial charge >= 0.3 is 0 Å². The van der Waals surface area contributed by atoms with Gasteiger partial charge in [0.15, 0.2) is 0 Å². The van der Waals surface area contributed by atoms with Gasteiger partial charge in [0.25, 0.3) is 5.22 Å². The van der Waals surface area contributed by atoms with Crippen LogP contribution in [0.2, 0.25) is 0 Å². The second-order valence-electron chi connectivity index (χ2n) is 4.81. The average molecular weight is 288 g/mol. The van der Waals surface area contributed by atoms with Crippen LogP contribution in [-0.4, -0.2) is 27.5 Å². The summed E-state index contributed by atoms with van der Waals surface area (Å²) in [5.41, 5.74) is 2.04. The maximum absolute atomic E-state index is 5.66. The van der Waals surface area contributed by atoms with Crippen molar-refractivity contribution >= 4 is 11.8 Å². The Morgan fingerprint density at radius 1 is 1.35 bits per heavy atom. The third kappa shape index (κ3) is 3.19. The van der Waals surface area contributed by atoms with Crippen LogP contribution in [0.3, 0.4) is 0 Å². The monoisotopic (exact) mass is 288 g/mol. The third-order valence-electron chi connectivity index (χ3n) is 3.27. The van der Waals surface area contributed by atoms with Crippen LogP contribution < -0.4 is 5.32 Å². The highest BCUT2D eigenvalue weighted by Gasteiger charge is 2.17. The Morgan fingerprint density at radius 2 is 2.20 bits per heavy atom. The summed E-state index contributed by atoms with van der Waals surface area (Å²) < 4.78 is 5.66. The van der Waals surface area contributed by atoms with E-state index in [-0.39, 0.29) is 0 Å². The van der Waals surface area contributed by atoms with Gasteiger partial charge in [-0.2, -0.15) is 0 Å². The molecule has 1 aliphatic rings. The Morgan fingerprint density at radius 3 is 2.95 bits per heavy atom. The summed E-state index contributed by atoms with van der Waals surface area (Å²) in [5, 5.41) is 12.1. The minimum Gasteiger partial charge on any atom is -0.411 e. The molecule has 0 radical (unpaired) electrons. The molecule has 20 heavy (non-hydrogen) atoms. The highest BCUT2D eigenvalue weighted by atomic mass is 32.2. The lowest BCUT2D eigenvalue weighted by Crippen LogP contribution is -2.28. The summed E-state index contributed by atoms with van der Waals surface area (Å²) in [4.78, 5) is 3.97. The first kappa shape index (κ1) is 13.2. The van der Waals surface area contributed by atoms with Crippen LogP contribution in [0.25, 0.3) is 11.5 Å². The third-order valence-corrected chi connectivity index (χ3v) is 4.32. The number of piperidine rings is 1. The summed E-state index contributed by atoms with van der Waals surface area (Å²) in [6.45, 7) is 4.92. The number of aromatic nitrogens is 3. The SMILES string of the molecule is C=C1CCC(CSc2nnc(-c3ccncc3)o2)CN1. The van der Waals surface area contributed by atoms with Gasteiger partial charge < -0.3 is 9.73 Å². The Hall–Kier alpha value is -1.82. The molecular weight excluding hydrogens is 272 g/mol. The van der Waals surface area contributed by atoms with Crippen LogP contribution in [-0.2, 0) is 0 Å². The van der Waals surface area contributed by atoms with E-state index < -0.39 is 0 Å². The average Bonchev–Trinajstić information content (AvgIpc) is 2.97. The summed E-state index contributed by atoms with van der Waals surface area (Å²) in [7, 11) is 0. The number of nitrogens with one attached hydrogen (secondary N) is 1. The smallest absolute Gasteiger partial charge is 0.276 e. The van der Waals surface area contributed by atoms with Gasteiger partial charge in [-0.05, 0) is 30.9 Å². The predicted molar refractivity (Wildman–Crippen MR) is 78.1 cm³/mol. The van der Waals surface area contributed by atoms with Crippen molar-refractivity contribution in [1.29, 1.82) is 0 Å². The first-order valence-corrected chi connectivity index (χ1v) is 7.58. The molecule has 3 heterocycles. The van der Waals surface area contributed by atoms with Gasteiger partial charge in [0, 0.05) is 36.0 Å². The van der Waals surface area contributed by atoms with Crippen LogP contribution in [0, 0.1) is 5.92 Å². The van der Waals surface area contributed by atoms with Gasteiger partial charge in [0.2, 0.25) is 5.89 Å². The van der Waals surface area contributed by atoms with Crippen LogP contribution in [0.5, 0.6) is 0 Å². The molecule has 0 bridgehead atoms. The number of allylic oxidation sites excluding steroid dienone is 1. The summed E-state index contributed by atoms with van der Waals surface area (Å²) in [6.07, 6.45) is 5.65. The van der Waals surface area contributed by atoms with Crippen LogP contribution >= 0.6 is 11.8 Å². The Bertz CT molecular complexity index is 574. The molecule has 1 fully saturated rings. The highest BCUT2D eigenvalue weighted by molar-refractivity contribution is 7.99. The van der Waals surface area contributed by atoms with Crippen molar-refractivity contribution in [1.82, 2.24) is 20.5 Å². The molecule has 3 rings (SSSR count).